The monoisotopic (exact) mass is 467 g/mol. The number of aromatic hydroxyl groups is 1. The highest BCUT2D eigenvalue weighted by Gasteiger charge is 2.17. The summed E-state index contributed by atoms with van der Waals surface area (Å²) in [6, 6.07) is 17.7. The first-order chi connectivity index (χ1) is 15.5. The molecule has 0 radical (unpaired) electrons. The van der Waals surface area contributed by atoms with E-state index in [4.69, 9.17) is 38.4 Å². The standard InChI is InChI=1S/C24H19Cl2N3O3/c1-31-22-8-3-2-5-15(22)17-12-28-24(27)29-23(17)16-10-9-14(11-21(16)30)32-13-18-19(25)6-4-7-20(18)26/h2-12,30H,13H2,1H3,(H2,27,28,29). The van der Waals surface area contributed by atoms with Gasteiger partial charge in [0.1, 0.15) is 23.9 Å². The summed E-state index contributed by atoms with van der Waals surface area (Å²) in [6.45, 7) is 0.157. The number of methoxy groups -OCH3 is 1. The fraction of sp³-hybridized carbons (Fsp3) is 0.0833. The van der Waals surface area contributed by atoms with Crippen LogP contribution >= 0.6 is 23.2 Å². The Hall–Kier alpha value is -3.48. The lowest BCUT2D eigenvalue weighted by Gasteiger charge is -2.14. The van der Waals surface area contributed by atoms with Crippen molar-refractivity contribution >= 4 is 29.2 Å². The van der Waals surface area contributed by atoms with E-state index < -0.39 is 0 Å². The molecule has 0 aliphatic carbocycles. The molecule has 1 heterocycles. The summed E-state index contributed by atoms with van der Waals surface area (Å²) in [4.78, 5) is 8.50. The van der Waals surface area contributed by atoms with Crippen LogP contribution in [-0.2, 0) is 6.61 Å². The Kier molecular flexibility index (Phi) is 6.35. The summed E-state index contributed by atoms with van der Waals surface area (Å²) in [5.74, 6) is 1.16. The van der Waals surface area contributed by atoms with Gasteiger partial charge in [0.05, 0.1) is 12.8 Å². The Bertz CT molecular complexity index is 1260. The zero-order valence-electron chi connectivity index (χ0n) is 17.0. The van der Waals surface area contributed by atoms with Gasteiger partial charge in [-0.15, -0.1) is 0 Å². The van der Waals surface area contributed by atoms with Gasteiger partial charge in [-0.2, -0.15) is 0 Å². The van der Waals surface area contributed by atoms with Crippen molar-refractivity contribution in [1.82, 2.24) is 9.97 Å². The molecule has 0 aliphatic rings. The van der Waals surface area contributed by atoms with E-state index in [2.05, 4.69) is 9.97 Å². The molecular formula is C24H19Cl2N3O3. The second kappa shape index (κ2) is 9.34. The number of para-hydroxylation sites is 1. The van der Waals surface area contributed by atoms with Gasteiger partial charge in [-0.3, -0.25) is 0 Å². The number of phenolic OH excluding ortho intramolecular Hbond substituents is 1. The summed E-state index contributed by atoms with van der Waals surface area (Å²) < 4.78 is 11.3. The highest BCUT2D eigenvalue weighted by molar-refractivity contribution is 6.35. The molecule has 0 saturated heterocycles. The van der Waals surface area contributed by atoms with E-state index in [9.17, 15) is 5.11 Å². The molecule has 0 spiro atoms. The summed E-state index contributed by atoms with van der Waals surface area (Å²) in [5, 5.41) is 11.8. The largest absolute Gasteiger partial charge is 0.507 e. The van der Waals surface area contributed by atoms with Gasteiger partial charge in [0.25, 0.3) is 0 Å². The normalized spacial score (nSPS) is 10.7. The molecule has 0 unspecified atom stereocenters. The van der Waals surface area contributed by atoms with Crippen molar-refractivity contribution in [3.63, 3.8) is 0 Å². The summed E-state index contributed by atoms with van der Waals surface area (Å²) in [7, 11) is 1.59. The minimum atomic E-state index is -0.0259. The van der Waals surface area contributed by atoms with Crippen LogP contribution in [0.4, 0.5) is 5.95 Å². The molecule has 0 fully saturated rings. The maximum Gasteiger partial charge on any atom is 0.220 e. The lowest BCUT2D eigenvalue weighted by atomic mass is 9.99. The number of nitrogens with zero attached hydrogens (tertiary/aromatic N) is 2. The molecule has 3 aromatic carbocycles. The van der Waals surface area contributed by atoms with Crippen molar-refractivity contribution in [2.75, 3.05) is 12.8 Å². The van der Waals surface area contributed by atoms with Gasteiger partial charge in [0.15, 0.2) is 0 Å². The lowest BCUT2D eigenvalue weighted by molar-refractivity contribution is 0.304. The van der Waals surface area contributed by atoms with Crippen LogP contribution in [0.3, 0.4) is 0 Å². The molecule has 6 nitrogen and oxygen atoms in total. The Labute approximate surface area is 195 Å². The van der Waals surface area contributed by atoms with Crippen LogP contribution < -0.4 is 15.2 Å². The van der Waals surface area contributed by atoms with Crippen molar-refractivity contribution in [3.05, 3.63) is 82.5 Å². The molecule has 1 aromatic heterocycles. The minimum absolute atomic E-state index is 0.0259. The van der Waals surface area contributed by atoms with Crippen molar-refractivity contribution < 1.29 is 14.6 Å². The molecule has 3 N–H and O–H groups in total. The van der Waals surface area contributed by atoms with E-state index in [-0.39, 0.29) is 18.3 Å². The first-order valence-corrected chi connectivity index (χ1v) is 10.4. The Morgan fingerprint density at radius 1 is 0.938 bits per heavy atom. The third-order valence-corrected chi connectivity index (χ3v) is 5.58. The van der Waals surface area contributed by atoms with E-state index in [1.54, 1.807) is 43.6 Å². The lowest BCUT2D eigenvalue weighted by Crippen LogP contribution is -2.00. The van der Waals surface area contributed by atoms with Crippen LogP contribution in [-0.4, -0.2) is 22.2 Å². The van der Waals surface area contributed by atoms with Gasteiger partial charge in [-0.25, -0.2) is 9.97 Å². The Morgan fingerprint density at radius 3 is 2.41 bits per heavy atom. The fourth-order valence-electron chi connectivity index (χ4n) is 3.29. The molecule has 0 amide bonds. The quantitative estimate of drug-likeness (QED) is 0.361. The number of hydrogen-bond donors (Lipinski definition) is 2. The molecule has 0 atom stereocenters. The van der Waals surface area contributed by atoms with Crippen LogP contribution in [0, 0.1) is 0 Å². The third kappa shape index (κ3) is 4.42. The van der Waals surface area contributed by atoms with Crippen LogP contribution in [0.5, 0.6) is 17.2 Å². The maximum absolute atomic E-state index is 10.8. The first kappa shape index (κ1) is 21.7. The number of hydrogen-bond acceptors (Lipinski definition) is 6. The predicted octanol–water partition coefficient (Wildman–Crippen LogP) is 5.99. The highest BCUT2D eigenvalue weighted by atomic mass is 35.5. The first-order valence-electron chi connectivity index (χ1n) is 9.63. The Morgan fingerprint density at radius 2 is 1.69 bits per heavy atom. The number of aromatic nitrogens is 2. The zero-order chi connectivity index (χ0) is 22.7. The van der Waals surface area contributed by atoms with Gasteiger partial charge in [0.2, 0.25) is 5.95 Å². The smallest absolute Gasteiger partial charge is 0.220 e. The van der Waals surface area contributed by atoms with Crippen molar-refractivity contribution in [3.8, 4) is 39.6 Å². The third-order valence-electron chi connectivity index (χ3n) is 4.87. The van der Waals surface area contributed by atoms with Crippen molar-refractivity contribution in [1.29, 1.82) is 0 Å². The van der Waals surface area contributed by atoms with Crippen LogP contribution in [0.25, 0.3) is 22.4 Å². The summed E-state index contributed by atoms with van der Waals surface area (Å²) in [6.07, 6.45) is 1.61. The summed E-state index contributed by atoms with van der Waals surface area (Å²) >= 11 is 12.4. The number of ether oxygens (including phenoxy) is 2. The average molecular weight is 468 g/mol. The van der Waals surface area contributed by atoms with Crippen molar-refractivity contribution in [2.45, 2.75) is 6.61 Å². The molecule has 4 aromatic rings. The molecule has 8 heteroatoms. The van der Waals surface area contributed by atoms with E-state index >= 15 is 0 Å². The van der Waals surface area contributed by atoms with E-state index in [1.165, 1.54) is 6.07 Å². The number of halogens is 2. The highest BCUT2D eigenvalue weighted by Crippen LogP contribution is 2.40. The number of rotatable bonds is 6. The zero-order valence-corrected chi connectivity index (χ0v) is 18.6. The van der Waals surface area contributed by atoms with Gasteiger partial charge < -0.3 is 20.3 Å². The Balaban J connectivity index is 1.69. The minimum Gasteiger partial charge on any atom is -0.507 e. The molecule has 162 valence electrons. The van der Waals surface area contributed by atoms with Gasteiger partial charge in [-0.1, -0.05) is 47.5 Å². The average Bonchev–Trinajstić information content (AvgIpc) is 2.79. The van der Waals surface area contributed by atoms with Gasteiger partial charge in [0, 0.05) is 44.6 Å². The topological polar surface area (TPSA) is 90.5 Å². The van der Waals surface area contributed by atoms with Crippen LogP contribution in [0.1, 0.15) is 5.56 Å². The van der Waals surface area contributed by atoms with Crippen LogP contribution in [0.2, 0.25) is 10.0 Å². The number of nitrogens with two attached hydrogens (primary N) is 1. The fourth-order valence-corrected chi connectivity index (χ4v) is 3.80. The SMILES string of the molecule is COc1ccccc1-c1cnc(N)nc1-c1ccc(OCc2c(Cl)cccc2Cl)cc1O. The van der Waals surface area contributed by atoms with Gasteiger partial charge in [-0.05, 0) is 30.3 Å². The van der Waals surface area contributed by atoms with E-state index in [0.717, 1.165) is 5.56 Å². The van der Waals surface area contributed by atoms with Gasteiger partial charge >= 0.3 is 0 Å². The second-order valence-corrected chi connectivity index (χ2v) is 7.67. The number of nitrogen functional groups attached to an aromatic ring is 1. The number of benzene rings is 3. The maximum atomic E-state index is 10.8. The number of phenols is 1. The van der Waals surface area contributed by atoms with Crippen LogP contribution in [0.15, 0.2) is 66.9 Å². The van der Waals surface area contributed by atoms with E-state index in [0.29, 0.717) is 43.9 Å². The molecule has 32 heavy (non-hydrogen) atoms. The molecule has 0 saturated carbocycles. The number of anilines is 1. The molecule has 0 bridgehead atoms. The predicted molar refractivity (Wildman–Crippen MR) is 126 cm³/mol. The molecular weight excluding hydrogens is 449 g/mol. The van der Waals surface area contributed by atoms with Crippen molar-refractivity contribution in [2.24, 2.45) is 0 Å². The molecule has 4 rings (SSSR count). The second-order valence-electron chi connectivity index (χ2n) is 6.86. The molecule has 0 aliphatic heterocycles. The summed E-state index contributed by atoms with van der Waals surface area (Å²) in [5.41, 5.74) is 8.91. The van der Waals surface area contributed by atoms with E-state index in [1.807, 2.05) is 24.3 Å².